The maximum absolute atomic E-state index is 10.8. The molecule has 1 aliphatic heterocycles. The topological polar surface area (TPSA) is 43.1 Å². The van der Waals surface area contributed by atoms with Crippen molar-refractivity contribution in [1.29, 1.82) is 0 Å². The molecule has 117 valence electrons. The fourth-order valence-corrected chi connectivity index (χ4v) is 7.84. The Kier molecular flexibility index (Phi) is 13.3. The minimum Gasteiger partial charge on any atom is -0.369 e. The molecule has 1 fully saturated rings. The summed E-state index contributed by atoms with van der Waals surface area (Å²) in [5.41, 5.74) is 5.16. The Morgan fingerprint density at radius 1 is 1.00 bits per heavy atom. The van der Waals surface area contributed by atoms with E-state index in [4.69, 9.17) is 5.73 Å². The standard InChI is InChI=1S/C13H24NOS5/c14-13(15)2-5-20-12-10-18-8-6-16-3-1-4-17-7-9-19-11-12/h2,12H,1,3-11H2,(H2,14,15). The van der Waals surface area contributed by atoms with Crippen LogP contribution in [0, 0.1) is 6.42 Å². The third kappa shape index (κ3) is 11.8. The number of rotatable bonds is 4. The highest BCUT2D eigenvalue weighted by Gasteiger charge is 2.11. The number of carbonyl (C=O) groups excluding carboxylic acids is 1. The molecule has 0 aromatic rings. The number of primary amides is 1. The highest BCUT2D eigenvalue weighted by Crippen LogP contribution is 2.23. The van der Waals surface area contributed by atoms with Crippen molar-refractivity contribution in [3.63, 3.8) is 0 Å². The van der Waals surface area contributed by atoms with Gasteiger partial charge in [-0.15, -0.1) is 0 Å². The lowest BCUT2D eigenvalue weighted by molar-refractivity contribution is -0.114. The molecule has 1 saturated heterocycles. The zero-order valence-corrected chi connectivity index (χ0v) is 15.8. The zero-order chi connectivity index (χ0) is 14.5. The molecule has 0 bridgehead atoms. The Morgan fingerprint density at radius 2 is 1.55 bits per heavy atom. The summed E-state index contributed by atoms with van der Waals surface area (Å²) in [5.74, 6) is 10.5. The van der Waals surface area contributed by atoms with Crippen LogP contribution < -0.4 is 5.73 Å². The van der Waals surface area contributed by atoms with Gasteiger partial charge in [-0.05, 0) is 17.9 Å². The average molecular weight is 371 g/mol. The number of hydrogen-bond acceptors (Lipinski definition) is 6. The summed E-state index contributed by atoms with van der Waals surface area (Å²) < 4.78 is 0. The minimum atomic E-state index is -0.300. The van der Waals surface area contributed by atoms with E-state index in [-0.39, 0.29) is 5.91 Å². The predicted molar refractivity (Wildman–Crippen MR) is 104 cm³/mol. The van der Waals surface area contributed by atoms with Crippen molar-refractivity contribution in [2.45, 2.75) is 11.7 Å². The van der Waals surface area contributed by atoms with Gasteiger partial charge in [-0.25, -0.2) is 0 Å². The van der Waals surface area contributed by atoms with Crippen LogP contribution in [0.4, 0.5) is 0 Å². The van der Waals surface area contributed by atoms with E-state index in [1.54, 1.807) is 6.42 Å². The molecular weight excluding hydrogens is 346 g/mol. The van der Waals surface area contributed by atoms with Crippen molar-refractivity contribution in [2.75, 3.05) is 51.8 Å². The summed E-state index contributed by atoms with van der Waals surface area (Å²) >= 11 is 10.2. The van der Waals surface area contributed by atoms with Crippen LogP contribution in [0.3, 0.4) is 0 Å². The maximum Gasteiger partial charge on any atom is 0.222 e. The molecule has 0 aromatic carbocycles. The number of thioether (sulfide) groups is 5. The number of hydrogen-bond donors (Lipinski definition) is 1. The van der Waals surface area contributed by atoms with E-state index in [0.717, 1.165) is 5.75 Å². The number of amides is 1. The summed E-state index contributed by atoms with van der Waals surface area (Å²) in [6, 6.07) is 0. The van der Waals surface area contributed by atoms with Gasteiger partial charge in [-0.3, -0.25) is 4.79 Å². The maximum atomic E-state index is 10.8. The van der Waals surface area contributed by atoms with Gasteiger partial charge in [-0.2, -0.15) is 58.8 Å². The third-order valence-electron chi connectivity index (χ3n) is 2.55. The van der Waals surface area contributed by atoms with Gasteiger partial charge in [0.1, 0.15) is 0 Å². The first kappa shape index (κ1) is 19.3. The Hall–Kier alpha value is 1.22. The summed E-state index contributed by atoms with van der Waals surface area (Å²) in [5, 5.41) is 0.638. The quantitative estimate of drug-likeness (QED) is 0.820. The van der Waals surface area contributed by atoms with Crippen molar-refractivity contribution < 1.29 is 4.79 Å². The van der Waals surface area contributed by atoms with Gasteiger partial charge in [0.05, 0.1) is 6.42 Å². The zero-order valence-electron chi connectivity index (χ0n) is 11.8. The lowest BCUT2D eigenvalue weighted by atomic mass is 10.5. The lowest BCUT2D eigenvalue weighted by Gasteiger charge is -2.16. The monoisotopic (exact) mass is 370 g/mol. The molecule has 0 saturated carbocycles. The number of nitrogens with two attached hydrogens (primary N) is 1. The van der Waals surface area contributed by atoms with Crippen LogP contribution in [0.1, 0.15) is 6.42 Å². The van der Waals surface area contributed by atoms with Gasteiger partial charge in [0.15, 0.2) is 0 Å². The van der Waals surface area contributed by atoms with Crippen LogP contribution >= 0.6 is 58.8 Å². The Balaban J connectivity index is 2.23. The van der Waals surface area contributed by atoms with Crippen molar-refractivity contribution in [2.24, 2.45) is 5.73 Å². The molecular formula is C13H24NOS5. The molecule has 0 spiro atoms. The number of carbonyl (C=O) groups is 1. The van der Waals surface area contributed by atoms with E-state index in [2.05, 4.69) is 47.0 Å². The van der Waals surface area contributed by atoms with E-state index in [1.807, 2.05) is 11.8 Å². The Bertz CT molecular complexity index is 241. The molecule has 1 rings (SSSR count). The summed E-state index contributed by atoms with van der Waals surface area (Å²) in [6.45, 7) is 0. The van der Waals surface area contributed by atoms with Gasteiger partial charge >= 0.3 is 0 Å². The molecule has 1 radical (unpaired) electrons. The van der Waals surface area contributed by atoms with Crippen molar-refractivity contribution in [3.05, 3.63) is 6.42 Å². The molecule has 7 heteroatoms. The van der Waals surface area contributed by atoms with E-state index >= 15 is 0 Å². The second-order valence-corrected chi connectivity index (χ2v) is 10.4. The van der Waals surface area contributed by atoms with Gasteiger partial charge in [0, 0.05) is 45.5 Å². The van der Waals surface area contributed by atoms with Crippen LogP contribution in [0.25, 0.3) is 0 Å². The molecule has 1 heterocycles. The first-order valence-corrected chi connectivity index (χ1v) is 12.5. The highest BCUT2D eigenvalue weighted by molar-refractivity contribution is 8.06. The second kappa shape index (κ2) is 13.9. The van der Waals surface area contributed by atoms with Crippen LogP contribution in [0.2, 0.25) is 0 Å². The molecule has 0 aromatic heterocycles. The molecule has 20 heavy (non-hydrogen) atoms. The average Bonchev–Trinajstić information content (AvgIpc) is 2.42. The molecule has 2 nitrogen and oxygen atoms in total. The highest BCUT2D eigenvalue weighted by atomic mass is 32.2. The fourth-order valence-electron chi connectivity index (χ4n) is 1.54. The fraction of sp³-hybridized carbons (Fsp3) is 0.846. The Labute approximate surface area is 144 Å². The van der Waals surface area contributed by atoms with Crippen LogP contribution in [0.5, 0.6) is 0 Å². The van der Waals surface area contributed by atoms with Crippen molar-refractivity contribution in [1.82, 2.24) is 0 Å². The van der Waals surface area contributed by atoms with Gasteiger partial charge < -0.3 is 5.73 Å². The van der Waals surface area contributed by atoms with Crippen LogP contribution in [-0.4, -0.2) is 62.9 Å². The largest absolute Gasteiger partial charge is 0.369 e. The first-order chi connectivity index (χ1) is 9.79. The van der Waals surface area contributed by atoms with E-state index < -0.39 is 0 Å². The lowest BCUT2D eigenvalue weighted by Crippen LogP contribution is -2.16. The van der Waals surface area contributed by atoms with Crippen molar-refractivity contribution in [3.8, 4) is 0 Å². The smallest absolute Gasteiger partial charge is 0.222 e. The minimum absolute atomic E-state index is 0.300. The van der Waals surface area contributed by atoms with E-state index in [1.165, 1.54) is 52.4 Å². The van der Waals surface area contributed by atoms with Crippen molar-refractivity contribution >= 4 is 64.7 Å². The molecule has 2 N–H and O–H groups in total. The van der Waals surface area contributed by atoms with E-state index in [9.17, 15) is 4.79 Å². The predicted octanol–water partition coefficient (Wildman–Crippen LogP) is 3.11. The molecule has 0 atom stereocenters. The summed E-state index contributed by atoms with van der Waals surface area (Å²) in [7, 11) is 0. The Morgan fingerprint density at radius 3 is 2.10 bits per heavy atom. The normalized spacial score (nSPS) is 21.2. The molecule has 1 aliphatic rings. The molecule has 0 aliphatic carbocycles. The SMILES string of the molecule is NC(=O)[CH]CSC1CSCCSCCCSCCSC1. The van der Waals surface area contributed by atoms with Crippen LogP contribution in [0.15, 0.2) is 0 Å². The second-order valence-electron chi connectivity index (χ2n) is 4.29. The van der Waals surface area contributed by atoms with Gasteiger partial charge in [0.25, 0.3) is 0 Å². The first-order valence-electron chi connectivity index (χ1n) is 6.84. The van der Waals surface area contributed by atoms with Gasteiger partial charge in [-0.1, -0.05) is 0 Å². The summed E-state index contributed by atoms with van der Waals surface area (Å²) in [4.78, 5) is 10.8. The third-order valence-corrected chi connectivity index (χ3v) is 9.05. The van der Waals surface area contributed by atoms with Crippen LogP contribution in [-0.2, 0) is 4.79 Å². The molecule has 0 unspecified atom stereocenters. The van der Waals surface area contributed by atoms with E-state index in [0.29, 0.717) is 5.25 Å². The molecule has 1 amide bonds. The summed E-state index contributed by atoms with van der Waals surface area (Å²) in [6.07, 6.45) is 2.95. The van der Waals surface area contributed by atoms with Gasteiger partial charge in [0.2, 0.25) is 5.91 Å².